The standard InChI is InChI=1S/C66H116O6/c1-4-7-10-13-16-19-22-24-25-26-27-28-29-30-31-32-33-34-35-36-37-38-39-40-41-43-44-47-50-53-56-59-65(68)71-62-63(61-70-64(67)58-55-52-49-46-21-18-15-12-9-6-3)72-66(69)60-57-54-51-48-45-42-23-20-17-14-11-8-5-2/h7,10,16,19-20,23-25,27-28,30-31,63H,4-6,8-9,11-15,17-18,21-22,26,29,32-62H2,1-3H3/b10-7-,19-16-,23-20-,25-24-,28-27-,31-30-. The van der Waals surface area contributed by atoms with Crippen molar-refractivity contribution in [2.75, 3.05) is 13.2 Å². The normalized spacial score (nSPS) is 12.5. The van der Waals surface area contributed by atoms with E-state index < -0.39 is 6.10 Å². The third kappa shape index (κ3) is 57.7. The van der Waals surface area contributed by atoms with Crippen molar-refractivity contribution in [1.82, 2.24) is 0 Å². The first-order chi connectivity index (χ1) is 35.5. The molecule has 0 radical (unpaired) electrons. The summed E-state index contributed by atoms with van der Waals surface area (Å²) in [4.78, 5) is 38.1. The molecule has 0 aliphatic rings. The minimum absolute atomic E-state index is 0.0742. The minimum atomic E-state index is -0.775. The third-order valence-corrected chi connectivity index (χ3v) is 13.4. The molecule has 0 saturated heterocycles. The molecule has 0 heterocycles. The summed E-state index contributed by atoms with van der Waals surface area (Å²) >= 11 is 0. The molecule has 6 heteroatoms. The molecular formula is C66H116O6. The van der Waals surface area contributed by atoms with E-state index >= 15 is 0 Å². The highest BCUT2D eigenvalue weighted by Crippen LogP contribution is 2.16. The van der Waals surface area contributed by atoms with Gasteiger partial charge in [0.05, 0.1) is 0 Å². The van der Waals surface area contributed by atoms with Crippen molar-refractivity contribution in [3.63, 3.8) is 0 Å². The van der Waals surface area contributed by atoms with Gasteiger partial charge in [-0.05, 0) is 89.9 Å². The van der Waals surface area contributed by atoms with E-state index in [1.807, 2.05) is 0 Å². The van der Waals surface area contributed by atoms with E-state index in [1.165, 1.54) is 173 Å². The lowest BCUT2D eigenvalue weighted by atomic mass is 10.0. The van der Waals surface area contributed by atoms with Crippen LogP contribution in [0.4, 0.5) is 0 Å². The molecule has 0 aliphatic carbocycles. The Balaban J connectivity index is 4.10. The summed E-state index contributed by atoms with van der Waals surface area (Å²) in [5.41, 5.74) is 0. The molecule has 0 aromatic carbocycles. The number of unbranched alkanes of at least 4 members (excludes halogenated alkanes) is 33. The summed E-state index contributed by atoms with van der Waals surface area (Å²) in [5.74, 6) is -0.873. The van der Waals surface area contributed by atoms with Crippen molar-refractivity contribution >= 4 is 17.9 Å². The van der Waals surface area contributed by atoms with Crippen LogP contribution in [0, 0.1) is 0 Å². The number of rotatable bonds is 56. The highest BCUT2D eigenvalue weighted by atomic mass is 16.6. The lowest BCUT2D eigenvalue weighted by Gasteiger charge is -2.18. The number of carbonyl (C=O) groups is 3. The fourth-order valence-corrected chi connectivity index (χ4v) is 8.82. The maximum absolute atomic E-state index is 12.8. The summed E-state index contributed by atoms with van der Waals surface area (Å²) in [6.45, 7) is 6.52. The van der Waals surface area contributed by atoms with Gasteiger partial charge in [0.25, 0.3) is 0 Å². The van der Waals surface area contributed by atoms with Crippen LogP contribution in [-0.4, -0.2) is 37.2 Å². The maximum Gasteiger partial charge on any atom is 0.306 e. The molecule has 0 fully saturated rings. The van der Waals surface area contributed by atoms with Gasteiger partial charge in [0, 0.05) is 19.3 Å². The van der Waals surface area contributed by atoms with Gasteiger partial charge in [-0.3, -0.25) is 14.4 Å². The Hall–Kier alpha value is -3.15. The Morgan fingerprint density at radius 1 is 0.292 bits per heavy atom. The van der Waals surface area contributed by atoms with E-state index in [0.717, 1.165) is 96.3 Å². The second kappa shape index (κ2) is 60.4. The highest BCUT2D eigenvalue weighted by Gasteiger charge is 2.19. The van der Waals surface area contributed by atoms with Gasteiger partial charge in [-0.25, -0.2) is 0 Å². The van der Waals surface area contributed by atoms with E-state index in [-0.39, 0.29) is 31.1 Å². The lowest BCUT2D eigenvalue weighted by molar-refractivity contribution is -0.167. The second-order valence-corrected chi connectivity index (χ2v) is 20.6. The van der Waals surface area contributed by atoms with Gasteiger partial charge in [-0.15, -0.1) is 0 Å². The third-order valence-electron chi connectivity index (χ3n) is 13.4. The topological polar surface area (TPSA) is 78.9 Å². The van der Waals surface area contributed by atoms with Gasteiger partial charge in [-0.1, -0.05) is 273 Å². The first-order valence-electron chi connectivity index (χ1n) is 30.9. The zero-order valence-corrected chi connectivity index (χ0v) is 47.7. The smallest absolute Gasteiger partial charge is 0.306 e. The number of hydrogen-bond acceptors (Lipinski definition) is 6. The predicted octanol–water partition coefficient (Wildman–Crippen LogP) is 20.9. The quantitative estimate of drug-likeness (QED) is 0.0261. The van der Waals surface area contributed by atoms with Crippen molar-refractivity contribution in [1.29, 1.82) is 0 Å². The zero-order valence-electron chi connectivity index (χ0n) is 47.7. The molecule has 0 rings (SSSR count). The number of allylic oxidation sites excluding steroid dienone is 12. The summed E-state index contributed by atoms with van der Waals surface area (Å²) in [5, 5.41) is 0. The van der Waals surface area contributed by atoms with Gasteiger partial charge in [0.15, 0.2) is 6.10 Å². The van der Waals surface area contributed by atoms with Crippen molar-refractivity contribution in [2.24, 2.45) is 0 Å². The molecule has 6 nitrogen and oxygen atoms in total. The van der Waals surface area contributed by atoms with Gasteiger partial charge < -0.3 is 14.2 Å². The SMILES string of the molecule is CC/C=C\C/C=C\C/C=C\C/C=C\C/C=C\CCCCCCCCCCCCCCCCCC(=O)OCC(COC(=O)CCCCCCCCCCCC)OC(=O)CCCCCCC/C=C\CCCCCC. The highest BCUT2D eigenvalue weighted by molar-refractivity contribution is 5.71. The van der Waals surface area contributed by atoms with Crippen LogP contribution in [0.2, 0.25) is 0 Å². The van der Waals surface area contributed by atoms with Crippen LogP contribution >= 0.6 is 0 Å². The Morgan fingerprint density at radius 2 is 0.542 bits per heavy atom. The first-order valence-corrected chi connectivity index (χ1v) is 30.9. The van der Waals surface area contributed by atoms with Crippen molar-refractivity contribution in [3.8, 4) is 0 Å². The molecule has 72 heavy (non-hydrogen) atoms. The Bertz CT molecular complexity index is 1340. The van der Waals surface area contributed by atoms with Crippen molar-refractivity contribution in [2.45, 2.75) is 316 Å². The molecule has 0 N–H and O–H groups in total. The zero-order chi connectivity index (χ0) is 52.2. The van der Waals surface area contributed by atoms with Gasteiger partial charge in [-0.2, -0.15) is 0 Å². The molecule has 416 valence electrons. The fourth-order valence-electron chi connectivity index (χ4n) is 8.82. The summed E-state index contributed by atoms with van der Waals surface area (Å²) < 4.78 is 16.8. The van der Waals surface area contributed by atoms with Crippen LogP contribution in [0.1, 0.15) is 310 Å². The largest absolute Gasteiger partial charge is 0.462 e. The fraction of sp³-hybridized carbons (Fsp3) is 0.773. The van der Waals surface area contributed by atoms with Crippen LogP contribution in [-0.2, 0) is 28.6 Å². The van der Waals surface area contributed by atoms with Crippen LogP contribution in [0.3, 0.4) is 0 Å². The maximum atomic E-state index is 12.8. The average molecular weight is 1010 g/mol. The molecule has 0 bridgehead atoms. The van der Waals surface area contributed by atoms with Crippen LogP contribution < -0.4 is 0 Å². The summed E-state index contributed by atoms with van der Waals surface area (Å²) in [6, 6.07) is 0. The summed E-state index contributed by atoms with van der Waals surface area (Å²) in [6.07, 6.45) is 77.8. The Labute approximate surface area is 446 Å². The predicted molar refractivity (Wildman–Crippen MR) is 311 cm³/mol. The molecule has 0 aromatic heterocycles. The molecule has 1 atom stereocenters. The van der Waals surface area contributed by atoms with Crippen molar-refractivity contribution < 1.29 is 28.6 Å². The van der Waals surface area contributed by atoms with E-state index in [9.17, 15) is 14.4 Å². The van der Waals surface area contributed by atoms with E-state index in [4.69, 9.17) is 14.2 Å². The van der Waals surface area contributed by atoms with E-state index in [0.29, 0.717) is 19.3 Å². The Morgan fingerprint density at radius 3 is 0.875 bits per heavy atom. The molecule has 1 unspecified atom stereocenters. The van der Waals surface area contributed by atoms with E-state index in [2.05, 4.69) is 93.7 Å². The van der Waals surface area contributed by atoms with Gasteiger partial charge >= 0.3 is 17.9 Å². The van der Waals surface area contributed by atoms with Crippen LogP contribution in [0.15, 0.2) is 72.9 Å². The lowest BCUT2D eigenvalue weighted by Crippen LogP contribution is -2.30. The van der Waals surface area contributed by atoms with Crippen LogP contribution in [0.25, 0.3) is 0 Å². The van der Waals surface area contributed by atoms with Crippen molar-refractivity contribution in [3.05, 3.63) is 72.9 Å². The molecule has 0 spiro atoms. The molecule has 0 aliphatic heterocycles. The first kappa shape index (κ1) is 68.8. The van der Waals surface area contributed by atoms with Gasteiger partial charge in [0.2, 0.25) is 0 Å². The molecule has 0 aromatic rings. The Kier molecular flexibility index (Phi) is 57.8. The molecule has 0 saturated carbocycles. The number of hydrogen-bond donors (Lipinski definition) is 0. The number of esters is 3. The average Bonchev–Trinajstić information content (AvgIpc) is 3.38. The monoisotopic (exact) mass is 1000 g/mol. The second-order valence-electron chi connectivity index (χ2n) is 20.6. The van der Waals surface area contributed by atoms with Gasteiger partial charge in [0.1, 0.15) is 13.2 Å². The molecule has 0 amide bonds. The van der Waals surface area contributed by atoms with E-state index in [1.54, 1.807) is 0 Å². The summed E-state index contributed by atoms with van der Waals surface area (Å²) in [7, 11) is 0. The molecular weight excluding hydrogens is 889 g/mol. The number of carbonyl (C=O) groups excluding carboxylic acids is 3. The number of ether oxygens (including phenoxy) is 3. The minimum Gasteiger partial charge on any atom is -0.462 e. The van der Waals surface area contributed by atoms with Crippen LogP contribution in [0.5, 0.6) is 0 Å².